The molecular formula is C12H19NO2S. The van der Waals surface area contributed by atoms with Gasteiger partial charge in [0.2, 0.25) is 0 Å². The van der Waals surface area contributed by atoms with E-state index in [1.807, 2.05) is 32.0 Å². The van der Waals surface area contributed by atoms with Crippen LogP contribution in [0.5, 0.6) is 0 Å². The van der Waals surface area contributed by atoms with E-state index in [0.717, 1.165) is 16.7 Å². The number of hydrogen-bond donors (Lipinski definition) is 1. The first-order valence-electron chi connectivity index (χ1n) is 5.38. The largest absolute Gasteiger partial charge is 0.323 e. The standard InChI is InChI=1S/C12H19NO2S/c1-4-16(14,15)8-12(13)11-6-9(2)5-10(3)7-11/h5-7,12H,4,8,13H2,1-3H3. The van der Waals surface area contributed by atoms with Crippen LogP contribution in [0.15, 0.2) is 18.2 Å². The molecule has 2 N–H and O–H groups in total. The van der Waals surface area contributed by atoms with Crippen molar-refractivity contribution in [3.8, 4) is 0 Å². The van der Waals surface area contributed by atoms with Crippen LogP contribution >= 0.6 is 0 Å². The molecular weight excluding hydrogens is 222 g/mol. The summed E-state index contributed by atoms with van der Waals surface area (Å²) in [6, 6.07) is 5.51. The average molecular weight is 241 g/mol. The summed E-state index contributed by atoms with van der Waals surface area (Å²) in [4.78, 5) is 0. The maximum absolute atomic E-state index is 11.5. The van der Waals surface area contributed by atoms with Gasteiger partial charge in [-0.1, -0.05) is 36.2 Å². The third-order valence-corrected chi connectivity index (χ3v) is 4.29. The fourth-order valence-corrected chi connectivity index (χ4v) is 2.69. The molecule has 1 unspecified atom stereocenters. The highest BCUT2D eigenvalue weighted by molar-refractivity contribution is 7.91. The normalized spacial score (nSPS) is 13.8. The van der Waals surface area contributed by atoms with Crippen LogP contribution in [0.1, 0.15) is 29.7 Å². The third-order valence-electron chi connectivity index (χ3n) is 2.55. The Morgan fingerprint density at radius 2 is 1.69 bits per heavy atom. The molecule has 0 aliphatic carbocycles. The SMILES string of the molecule is CCS(=O)(=O)CC(N)c1cc(C)cc(C)c1. The Bertz CT molecular complexity index is 446. The van der Waals surface area contributed by atoms with E-state index in [1.165, 1.54) is 0 Å². The van der Waals surface area contributed by atoms with E-state index in [-0.39, 0.29) is 11.5 Å². The number of benzene rings is 1. The maximum atomic E-state index is 11.5. The number of nitrogens with two attached hydrogens (primary N) is 1. The fourth-order valence-electron chi connectivity index (χ4n) is 1.71. The van der Waals surface area contributed by atoms with Gasteiger partial charge in [0.05, 0.1) is 5.75 Å². The first kappa shape index (κ1) is 13.2. The van der Waals surface area contributed by atoms with Crippen LogP contribution < -0.4 is 5.73 Å². The molecule has 16 heavy (non-hydrogen) atoms. The van der Waals surface area contributed by atoms with Gasteiger partial charge in [0.1, 0.15) is 0 Å². The summed E-state index contributed by atoms with van der Waals surface area (Å²) in [5, 5.41) is 0. The van der Waals surface area contributed by atoms with Gasteiger partial charge in [-0.15, -0.1) is 0 Å². The van der Waals surface area contributed by atoms with Crippen LogP contribution in [0, 0.1) is 13.8 Å². The Hall–Kier alpha value is -0.870. The fraction of sp³-hybridized carbons (Fsp3) is 0.500. The molecule has 0 aliphatic rings. The number of aryl methyl sites for hydroxylation is 2. The summed E-state index contributed by atoms with van der Waals surface area (Å²) in [5.41, 5.74) is 9.03. The summed E-state index contributed by atoms with van der Waals surface area (Å²) in [6.45, 7) is 5.61. The summed E-state index contributed by atoms with van der Waals surface area (Å²) in [5.74, 6) is 0.165. The summed E-state index contributed by atoms with van der Waals surface area (Å²) >= 11 is 0. The molecule has 0 radical (unpaired) electrons. The molecule has 1 rings (SSSR count). The summed E-state index contributed by atoms with van der Waals surface area (Å²) < 4.78 is 22.9. The van der Waals surface area contributed by atoms with Crippen molar-refractivity contribution in [2.75, 3.05) is 11.5 Å². The topological polar surface area (TPSA) is 60.2 Å². The number of hydrogen-bond acceptors (Lipinski definition) is 3. The molecule has 1 atom stereocenters. The zero-order valence-corrected chi connectivity index (χ0v) is 10.8. The van der Waals surface area contributed by atoms with E-state index in [0.29, 0.717) is 0 Å². The van der Waals surface area contributed by atoms with Crippen molar-refractivity contribution >= 4 is 9.84 Å². The van der Waals surface area contributed by atoms with E-state index in [2.05, 4.69) is 0 Å². The molecule has 0 saturated heterocycles. The lowest BCUT2D eigenvalue weighted by Crippen LogP contribution is -2.23. The number of sulfone groups is 1. The highest BCUT2D eigenvalue weighted by Gasteiger charge is 2.16. The van der Waals surface area contributed by atoms with Gasteiger partial charge in [-0.25, -0.2) is 8.42 Å². The molecule has 0 fully saturated rings. The van der Waals surface area contributed by atoms with Crippen LogP contribution in [0.2, 0.25) is 0 Å². The molecule has 90 valence electrons. The highest BCUT2D eigenvalue weighted by Crippen LogP contribution is 2.16. The molecule has 0 heterocycles. The zero-order valence-electron chi connectivity index (χ0n) is 10.0. The van der Waals surface area contributed by atoms with Gasteiger partial charge in [0.25, 0.3) is 0 Å². The molecule has 1 aromatic carbocycles. The van der Waals surface area contributed by atoms with Gasteiger partial charge in [-0.3, -0.25) is 0 Å². The van der Waals surface area contributed by atoms with Crippen LogP contribution in [0.4, 0.5) is 0 Å². The summed E-state index contributed by atoms with van der Waals surface area (Å²) in [6.07, 6.45) is 0. The Morgan fingerprint density at radius 1 is 1.19 bits per heavy atom. The minimum atomic E-state index is -3.02. The quantitative estimate of drug-likeness (QED) is 0.873. The van der Waals surface area contributed by atoms with Gasteiger partial charge >= 0.3 is 0 Å². The maximum Gasteiger partial charge on any atom is 0.151 e. The first-order valence-corrected chi connectivity index (χ1v) is 7.20. The molecule has 0 amide bonds. The minimum Gasteiger partial charge on any atom is -0.323 e. The molecule has 4 heteroatoms. The molecule has 0 aliphatic heterocycles. The smallest absolute Gasteiger partial charge is 0.151 e. The number of rotatable bonds is 4. The molecule has 0 saturated carbocycles. The van der Waals surface area contributed by atoms with E-state index in [9.17, 15) is 8.42 Å². The van der Waals surface area contributed by atoms with E-state index in [4.69, 9.17) is 5.73 Å². The van der Waals surface area contributed by atoms with Crippen molar-refractivity contribution in [1.82, 2.24) is 0 Å². The molecule has 1 aromatic rings. The van der Waals surface area contributed by atoms with Crippen LogP contribution in [0.25, 0.3) is 0 Å². The highest BCUT2D eigenvalue weighted by atomic mass is 32.2. The second-order valence-corrected chi connectivity index (χ2v) is 6.62. The van der Waals surface area contributed by atoms with Crippen molar-refractivity contribution in [2.45, 2.75) is 26.8 Å². The monoisotopic (exact) mass is 241 g/mol. The third kappa shape index (κ3) is 3.61. The predicted molar refractivity (Wildman–Crippen MR) is 67.2 cm³/mol. The molecule has 0 bridgehead atoms. The van der Waals surface area contributed by atoms with Gasteiger partial charge in [-0.2, -0.15) is 0 Å². The Morgan fingerprint density at radius 3 is 2.12 bits per heavy atom. The Balaban J connectivity index is 2.93. The lowest BCUT2D eigenvalue weighted by Gasteiger charge is -2.13. The van der Waals surface area contributed by atoms with Crippen LogP contribution in [-0.2, 0) is 9.84 Å². The van der Waals surface area contributed by atoms with Crippen molar-refractivity contribution < 1.29 is 8.42 Å². The van der Waals surface area contributed by atoms with Crippen molar-refractivity contribution in [2.24, 2.45) is 5.73 Å². The van der Waals surface area contributed by atoms with Gasteiger partial charge < -0.3 is 5.73 Å². The molecule has 3 nitrogen and oxygen atoms in total. The van der Waals surface area contributed by atoms with Gasteiger partial charge in [0.15, 0.2) is 9.84 Å². The van der Waals surface area contributed by atoms with E-state index >= 15 is 0 Å². The second kappa shape index (κ2) is 4.97. The molecule has 0 spiro atoms. The van der Waals surface area contributed by atoms with Crippen molar-refractivity contribution in [3.63, 3.8) is 0 Å². The Labute approximate surface area is 97.6 Å². The second-order valence-electron chi connectivity index (χ2n) is 4.23. The average Bonchev–Trinajstić information content (AvgIpc) is 2.15. The first-order chi connectivity index (χ1) is 7.34. The Kier molecular flexibility index (Phi) is 4.10. The van der Waals surface area contributed by atoms with Crippen LogP contribution in [0.3, 0.4) is 0 Å². The predicted octanol–water partition coefficient (Wildman–Crippen LogP) is 1.74. The van der Waals surface area contributed by atoms with Gasteiger partial charge in [-0.05, 0) is 19.4 Å². The lowest BCUT2D eigenvalue weighted by atomic mass is 10.0. The molecule has 0 aromatic heterocycles. The van der Waals surface area contributed by atoms with E-state index < -0.39 is 15.9 Å². The van der Waals surface area contributed by atoms with Crippen LogP contribution in [-0.4, -0.2) is 19.9 Å². The summed E-state index contributed by atoms with van der Waals surface area (Å²) in [7, 11) is -3.02. The van der Waals surface area contributed by atoms with Gasteiger partial charge in [0, 0.05) is 11.8 Å². The van der Waals surface area contributed by atoms with E-state index in [1.54, 1.807) is 6.92 Å². The van der Waals surface area contributed by atoms with Crippen molar-refractivity contribution in [3.05, 3.63) is 34.9 Å². The van der Waals surface area contributed by atoms with Crippen molar-refractivity contribution in [1.29, 1.82) is 0 Å². The minimum absolute atomic E-state index is 0.0202. The lowest BCUT2D eigenvalue weighted by molar-refractivity contribution is 0.590. The zero-order chi connectivity index (χ0) is 12.3.